The highest BCUT2D eigenvalue weighted by Crippen LogP contribution is 2.16. The molecule has 0 spiro atoms. The number of hydrogen-bond donors (Lipinski definition) is 1. The van der Waals surface area contributed by atoms with Crippen LogP contribution >= 0.6 is 0 Å². The molecule has 0 amide bonds. The quantitative estimate of drug-likeness (QED) is 0.797. The summed E-state index contributed by atoms with van der Waals surface area (Å²) < 4.78 is 0. The first-order valence-electron chi connectivity index (χ1n) is 6.97. The van der Waals surface area contributed by atoms with Gasteiger partial charge in [-0.15, -0.1) is 0 Å². The number of rotatable bonds is 4. The lowest BCUT2D eigenvalue weighted by Crippen LogP contribution is -2.18. The van der Waals surface area contributed by atoms with Gasteiger partial charge < -0.3 is 10.6 Å². The van der Waals surface area contributed by atoms with E-state index in [0.717, 1.165) is 29.0 Å². The predicted octanol–water partition coefficient (Wildman–Crippen LogP) is 2.72. The number of benzene rings is 2. The Morgan fingerprint density at radius 3 is 2.57 bits per heavy atom. The molecule has 1 aromatic heterocycles. The predicted molar refractivity (Wildman–Crippen MR) is 86.0 cm³/mol. The fourth-order valence-corrected chi connectivity index (χ4v) is 2.34. The van der Waals surface area contributed by atoms with Crippen LogP contribution < -0.4 is 10.6 Å². The lowest BCUT2D eigenvalue weighted by molar-refractivity contribution is 0.893. The summed E-state index contributed by atoms with van der Waals surface area (Å²) >= 11 is 0. The van der Waals surface area contributed by atoms with E-state index in [1.165, 1.54) is 5.56 Å². The highest BCUT2D eigenvalue weighted by molar-refractivity contribution is 5.75. The zero-order chi connectivity index (χ0) is 14.7. The van der Waals surface area contributed by atoms with Crippen molar-refractivity contribution in [3.8, 4) is 0 Å². The maximum atomic E-state index is 5.69. The number of para-hydroxylation sites is 2. The molecule has 4 heteroatoms. The van der Waals surface area contributed by atoms with Gasteiger partial charge in [-0.05, 0) is 23.3 Å². The van der Waals surface area contributed by atoms with Crippen LogP contribution in [0.25, 0.3) is 11.0 Å². The lowest BCUT2D eigenvalue weighted by atomic mass is 10.1. The van der Waals surface area contributed by atoms with Crippen LogP contribution in [0.15, 0.2) is 54.7 Å². The van der Waals surface area contributed by atoms with Crippen LogP contribution in [-0.4, -0.2) is 17.0 Å². The zero-order valence-corrected chi connectivity index (χ0v) is 12.0. The van der Waals surface area contributed by atoms with Crippen LogP contribution in [0, 0.1) is 0 Å². The highest BCUT2D eigenvalue weighted by atomic mass is 15.2. The SMILES string of the molecule is CN(Cc1cccc(CN)c1)c1cnc2ccccc2n1. The summed E-state index contributed by atoms with van der Waals surface area (Å²) in [5.41, 5.74) is 9.88. The summed E-state index contributed by atoms with van der Waals surface area (Å²) in [6, 6.07) is 16.2. The third-order valence-corrected chi connectivity index (χ3v) is 3.47. The van der Waals surface area contributed by atoms with Crippen LogP contribution in [0.2, 0.25) is 0 Å². The molecule has 0 aliphatic carbocycles. The second kappa shape index (κ2) is 5.89. The third kappa shape index (κ3) is 3.01. The molecule has 0 atom stereocenters. The number of hydrogen-bond acceptors (Lipinski definition) is 4. The Kier molecular flexibility index (Phi) is 3.79. The summed E-state index contributed by atoms with van der Waals surface area (Å²) in [6.07, 6.45) is 1.81. The van der Waals surface area contributed by atoms with Gasteiger partial charge in [0.25, 0.3) is 0 Å². The van der Waals surface area contributed by atoms with Gasteiger partial charge in [-0.3, -0.25) is 4.98 Å². The minimum absolute atomic E-state index is 0.563. The van der Waals surface area contributed by atoms with Gasteiger partial charge in [0.1, 0.15) is 5.82 Å². The van der Waals surface area contributed by atoms with Crippen molar-refractivity contribution in [3.05, 3.63) is 65.9 Å². The van der Waals surface area contributed by atoms with Crippen LogP contribution in [0.5, 0.6) is 0 Å². The summed E-state index contributed by atoms with van der Waals surface area (Å²) in [5, 5.41) is 0. The molecule has 106 valence electrons. The fourth-order valence-electron chi connectivity index (χ4n) is 2.34. The van der Waals surface area contributed by atoms with Crippen molar-refractivity contribution in [2.75, 3.05) is 11.9 Å². The van der Waals surface area contributed by atoms with Crippen molar-refractivity contribution in [2.45, 2.75) is 13.1 Å². The van der Waals surface area contributed by atoms with Gasteiger partial charge in [-0.2, -0.15) is 0 Å². The van der Waals surface area contributed by atoms with Crippen LogP contribution in [0.3, 0.4) is 0 Å². The van der Waals surface area contributed by atoms with E-state index in [1.54, 1.807) is 0 Å². The number of nitrogens with two attached hydrogens (primary N) is 1. The Labute approximate surface area is 124 Å². The van der Waals surface area contributed by atoms with Crippen molar-refractivity contribution in [1.82, 2.24) is 9.97 Å². The van der Waals surface area contributed by atoms with E-state index >= 15 is 0 Å². The average Bonchev–Trinajstić information content (AvgIpc) is 2.54. The van der Waals surface area contributed by atoms with Crippen molar-refractivity contribution in [2.24, 2.45) is 5.73 Å². The molecule has 0 saturated heterocycles. The van der Waals surface area contributed by atoms with Crippen molar-refractivity contribution in [1.29, 1.82) is 0 Å². The van der Waals surface area contributed by atoms with E-state index in [1.807, 2.05) is 49.6 Å². The van der Waals surface area contributed by atoms with Crippen LogP contribution in [0.1, 0.15) is 11.1 Å². The molecule has 3 rings (SSSR count). The first-order chi connectivity index (χ1) is 10.3. The van der Waals surface area contributed by atoms with E-state index in [0.29, 0.717) is 6.54 Å². The first kappa shape index (κ1) is 13.5. The zero-order valence-electron chi connectivity index (χ0n) is 12.0. The van der Waals surface area contributed by atoms with Gasteiger partial charge in [0.05, 0.1) is 17.2 Å². The second-order valence-corrected chi connectivity index (χ2v) is 5.10. The van der Waals surface area contributed by atoms with Crippen LogP contribution in [0.4, 0.5) is 5.82 Å². The van der Waals surface area contributed by atoms with Gasteiger partial charge in [-0.25, -0.2) is 4.98 Å². The first-order valence-corrected chi connectivity index (χ1v) is 6.97. The van der Waals surface area contributed by atoms with Crippen molar-refractivity contribution >= 4 is 16.9 Å². The molecule has 4 nitrogen and oxygen atoms in total. The largest absolute Gasteiger partial charge is 0.354 e. The molecule has 2 aromatic carbocycles. The van der Waals surface area contributed by atoms with E-state index in [2.05, 4.69) is 27.0 Å². The Morgan fingerprint density at radius 2 is 1.76 bits per heavy atom. The third-order valence-electron chi connectivity index (χ3n) is 3.47. The topological polar surface area (TPSA) is 55.0 Å². The molecule has 0 bridgehead atoms. The minimum atomic E-state index is 0.563. The molecule has 0 radical (unpaired) electrons. The summed E-state index contributed by atoms with van der Waals surface area (Å²) in [6.45, 7) is 1.34. The Balaban J connectivity index is 1.84. The normalized spacial score (nSPS) is 10.8. The number of nitrogens with zero attached hydrogens (tertiary/aromatic N) is 3. The fraction of sp³-hybridized carbons (Fsp3) is 0.176. The second-order valence-electron chi connectivity index (χ2n) is 5.10. The van der Waals surface area contributed by atoms with Gasteiger partial charge in [0, 0.05) is 20.1 Å². The van der Waals surface area contributed by atoms with Gasteiger partial charge in [-0.1, -0.05) is 36.4 Å². The molecule has 0 aliphatic rings. The molecule has 3 aromatic rings. The lowest BCUT2D eigenvalue weighted by Gasteiger charge is -2.18. The van der Waals surface area contributed by atoms with Gasteiger partial charge in [0.2, 0.25) is 0 Å². The standard InChI is InChI=1S/C17H18N4/c1-21(12-14-6-4-5-13(9-14)10-18)17-11-19-15-7-2-3-8-16(15)20-17/h2-9,11H,10,12,18H2,1H3. The van der Waals surface area contributed by atoms with E-state index in [-0.39, 0.29) is 0 Å². The maximum absolute atomic E-state index is 5.69. The van der Waals surface area contributed by atoms with Crippen LogP contribution in [-0.2, 0) is 13.1 Å². The molecule has 1 heterocycles. The Morgan fingerprint density at radius 1 is 1.00 bits per heavy atom. The van der Waals surface area contributed by atoms with Crippen molar-refractivity contribution in [3.63, 3.8) is 0 Å². The van der Waals surface area contributed by atoms with E-state index in [9.17, 15) is 0 Å². The van der Waals surface area contributed by atoms with Gasteiger partial charge >= 0.3 is 0 Å². The average molecular weight is 278 g/mol. The summed E-state index contributed by atoms with van der Waals surface area (Å²) in [4.78, 5) is 11.2. The highest BCUT2D eigenvalue weighted by Gasteiger charge is 2.06. The molecular formula is C17H18N4. The molecule has 2 N–H and O–H groups in total. The van der Waals surface area contributed by atoms with Crippen molar-refractivity contribution < 1.29 is 0 Å². The number of aromatic nitrogens is 2. The summed E-state index contributed by atoms with van der Waals surface area (Å²) in [7, 11) is 2.02. The van der Waals surface area contributed by atoms with Gasteiger partial charge in [0.15, 0.2) is 0 Å². The summed E-state index contributed by atoms with van der Waals surface area (Å²) in [5.74, 6) is 0.867. The van der Waals surface area contributed by atoms with E-state index < -0.39 is 0 Å². The Hall–Kier alpha value is -2.46. The molecule has 0 fully saturated rings. The monoisotopic (exact) mass is 278 g/mol. The molecule has 0 aliphatic heterocycles. The maximum Gasteiger partial charge on any atom is 0.147 e. The minimum Gasteiger partial charge on any atom is -0.354 e. The molecule has 0 unspecified atom stereocenters. The molecule has 21 heavy (non-hydrogen) atoms. The molecular weight excluding hydrogens is 260 g/mol. The smallest absolute Gasteiger partial charge is 0.147 e. The Bertz CT molecular complexity index is 754. The number of fused-ring (bicyclic) bond motifs is 1. The number of anilines is 1. The molecule has 0 saturated carbocycles. The van der Waals surface area contributed by atoms with E-state index in [4.69, 9.17) is 5.73 Å².